The molecule has 8 aromatic carbocycles. The Hall–Kier alpha value is -7.12. The Morgan fingerprint density at radius 3 is 0.621 bits per heavy atom. The van der Waals surface area contributed by atoms with Crippen molar-refractivity contribution >= 4 is 0 Å². The van der Waals surface area contributed by atoms with Gasteiger partial charge >= 0.3 is 0 Å². The predicted molar refractivity (Wildman–Crippen MR) is 225 cm³/mol. The van der Waals surface area contributed by atoms with Gasteiger partial charge in [0.1, 0.15) is 46.0 Å². The van der Waals surface area contributed by atoms with E-state index in [1.54, 1.807) is 0 Å². The molecule has 0 aliphatic carbocycles. The summed E-state index contributed by atoms with van der Waals surface area (Å²) in [7, 11) is 0. The summed E-state index contributed by atoms with van der Waals surface area (Å²) in [6.45, 7) is 0. The lowest BCUT2D eigenvalue weighted by Crippen LogP contribution is -2.45. The molecule has 1 aliphatic rings. The highest BCUT2D eigenvalue weighted by atomic mass is 17.2. The Morgan fingerprint density at radius 2 is 0.431 bits per heavy atom. The standard InChI is InChI=1S/C52H40O6/c1-5-13-43(14-6-1)53-47-29-21-39(22-30-47)51(40-23-31-48(32-24-40)54-44-15-7-2-8-16-44)37-38-52(58-57-51,41-25-33-49(34-26-41)55-45-17-9-3-10-18-45)42-27-35-50(36-28-42)56-46-19-11-4-12-20-46/h1-36H,37-38H2. The van der Waals surface area contributed by atoms with Crippen molar-refractivity contribution < 1.29 is 28.7 Å². The fraction of sp³-hybridized carbons (Fsp3) is 0.0769. The van der Waals surface area contributed by atoms with Crippen molar-refractivity contribution in [3.63, 3.8) is 0 Å². The van der Waals surface area contributed by atoms with E-state index in [0.29, 0.717) is 12.8 Å². The number of hydrogen-bond acceptors (Lipinski definition) is 6. The lowest BCUT2D eigenvalue weighted by atomic mass is 9.74. The summed E-state index contributed by atoms with van der Waals surface area (Å²) in [6, 6.07) is 71.2. The van der Waals surface area contributed by atoms with E-state index < -0.39 is 11.2 Å². The highest BCUT2D eigenvalue weighted by Crippen LogP contribution is 2.52. The van der Waals surface area contributed by atoms with Crippen LogP contribution in [0.2, 0.25) is 0 Å². The van der Waals surface area contributed by atoms with Gasteiger partial charge in [0, 0.05) is 0 Å². The lowest BCUT2D eigenvalue weighted by molar-refractivity contribution is -0.432. The molecule has 0 N–H and O–H groups in total. The molecule has 0 aromatic heterocycles. The smallest absolute Gasteiger partial charge is 0.154 e. The van der Waals surface area contributed by atoms with Gasteiger partial charge in [-0.05, 0) is 132 Å². The highest BCUT2D eigenvalue weighted by Gasteiger charge is 2.50. The molecular formula is C52H40O6. The largest absolute Gasteiger partial charge is 0.457 e. The van der Waals surface area contributed by atoms with Crippen LogP contribution in [0.3, 0.4) is 0 Å². The Balaban J connectivity index is 1.06. The second kappa shape index (κ2) is 16.5. The van der Waals surface area contributed by atoms with Gasteiger partial charge in [-0.1, -0.05) is 121 Å². The molecule has 6 heteroatoms. The summed E-state index contributed by atoms with van der Waals surface area (Å²) in [5.74, 6) is 5.94. The highest BCUT2D eigenvalue weighted by molar-refractivity contribution is 5.47. The first-order chi connectivity index (χ1) is 28.6. The van der Waals surface area contributed by atoms with Crippen LogP contribution in [0.5, 0.6) is 46.0 Å². The summed E-state index contributed by atoms with van der Waals surface area (Å²) in [5.41, 5.74) is 1.78. The van der Waals surface area contributed by atoms with Crippen molar-refractivity contribution in [3.8, 4) is 46.0 Å². The number of para-hydroxylation sites is 4. The topological polar surface area (TPSA) is 55.4 Å². The van der Waals surface area contributed by atoms with Gasteiger partial charge in [-0.25, -0.2) is 9.78 Å². The molecule has 6 nitrogen and oxygen atoms in total. The van der Waals surface area contributed by atoms with E-state index in [9.17, 15) is 0 Å². The van der Waals surface area contributed by atoms with E-state index in [4.69, 9.17) is 28.7 Å². The number of hydrogen-bond donors (Lipinski definition) is 0. The van der Waals surface area contributed by atoms with Crippen LogP contribution in [0.25, 0.3) is 0 Å². The Bertz CT molecular complexity index is 2140. The molecule has 1 aliphatic heterocycles. The van der Waals surface area contributed by atoms with Crippen LogP contribution in [0.4, 0.5) is 0 Å². The number of benzene rings is 8. The van der Waals surface area contributed by atoms with Crippen LogP contribution in [-0.2, 0) is 21.0 Å². The third-order valence-electron chi connectivity index (χ3n) is 10.4. The molecule has 1 fully saturated rings. The van der Waals surface area contributed by atoms with Crippen molar-refractivity contribution in [2.45, 2.75) is 24.0 Å². The van der Waals surface area contributed by atoms with E-state index in [-0.39, 0.29) is 0 Å². The molecule has 1 saturated heterocycles. The minimum atomic E-state index is -0.965. The molecule has 9 rings (SSSR count). The molecule has 0 bridgehead atoms. The second-order valence-corrected chi connectivity index (χ2v) is 14.1. The summed E-state index contributed by atoms with van der Waals surface area (Å²) in [4.78, 5) is 13.8. The molecule has 58 heavy (non-hydrogen) atoms. The van der Waals surface area contributed by atoms with Crippen molar-refractivity contribution in [3.05, 3.63) is 241 Å². The van der Waals surface area contributed by atoms with Crippen LogP contribution in [0, 0.1) is 0 Å². The average Bonchev–Trinajstić information content (AvgIpc) is 3.29. The van der Waals surface area contributed by atoms with Gasteiger partial charge in [-0.2, -0.15) is 0 Å². The van der Waals surface area contributed by atoms with Gasteiger partial charge in [-0.15, -0.1) is 0 Å². The molecule has 0 unspecified atom stereocenters. The van der Waals surface area contributed by atoms with Crippen molar-refractivity contribution in [2.75, 3.05) is 0 Å². The van der Waals surface area contributed by atoms with Crippen LogP contribution in [-0.4, -0.2) is 0 Å². The fourth-order valence-electron chi connectivity index (χ4n) is 7.35. The van der Waals surface area contributed by atoms with E-state index in [0.717, 1.165) is 68.2 Å². The Morgan fingerprint density at radius 1 is 0.241 bits per heavy atom. The van der Waals surface area contributed by atoms with Crippen LogP contribution in [0.15, 0.2) is 218 Å². The SMILES string of the molecule is c1ccc(Oc2ccc(C3(c4ccc(Oc5ccccc5)cc4)CCC(c4ccc(Oc5ccccc5)cc4)(c4ccc(Oc5ccccc5)cc4)OO3)cc2)cc1. The normalized spacial score (nSPS) is 14.2. The third-order valence-corrected chi connectivity index (χ3v) is 10.4. The molecule has 1 heterocycles. The zero-order valence-corrected chi connectivity index (χ0v) is 31.6. The first kappa shape index (κ1) is 36.5. The first-order valence-corrected chi connectivity index (χ1v) is 19.3. The lowest BCUT2D eigenvalue weighted by Gasteiger charge is -2.46. The maximum Gasteiger partial charge on any atom is 0.154 e. The van der Waals surface area contributed by atoms with Crippen molar-refractivity contribution in [1.82, 2.24) is 0 Å². The quantitative estimate of drug-likeness (QED) is 0.116. The minimum absolute atomic E-state index is 0.579. The summed E-state index contributed by atoms with van der Waals surface area (Å²) >= 11 is 0. The van der Waals surface area contributed by atoms with E-state index in [1.807, 2.05) is 170 Å². The average molecular weight is 761 g/mol. The Labute approximate surface area is 338 Å². The van der Waals surface area contributed by atoms with Gasteiger partial charge in [0.25, 0.3) is 0 Å². The summed E-state index contributed by atoms with van der Waals surface area (Å²) < 4.78 is 24.7. The molecule has 8 aromatic rings. The maximum atomic E-state index is 6.89. The Kier molecular flexibility index (Phi) is 10.4. The molecule has 0 amide bonds. The van der Waals surface area contributed by atoms with Gasteiger partial charge < -0.3 is 18.9 Å². The van der Waals surface area contributed by atoms with E-state index in [2.05, 4.69) is 48.5 Å². The molecule has 284 valence electrons. The van der Waals surface area contributed by atoms with E-state index in [1.165, 1.54) is 0 Å². The first-order valence-electron chi connectivity index (χ1n) is 19.3. The van der Waals surface area contributed by atoms with Crippen LogP contribution < -0.4 is 18.9 Å². The number of ether oxygens (including phenoxy) is 4. The van der Waals surface area contributed by atoms with Crippen LogP contribution in [0.1, 0.15) is 35.1 Å². The third kappa shape index (κ3) is 7.93. The monoisotopic (exact) mass is 760 g/mol. The van der Waals surface area contributed by atoms with Crippen LogP contribution >= 0.6 is 0 Å². The number of rotatable bonds is 12. The van der Waals surface area contributed by atoms with E-state index >= 15 is 0 Å². The van der Waals surface area contributed by atoms with Gasteiger partial charge in [0.15, 0.2) is 11.2 Å². The zero-order chi connectivity index (χ0) is 39.0. The fourth-order valence-corrected chi connectivity index (χ4v) is 7.35. The maximum absolute atomic E-state index is 6.89. The van der Waals surface area contributed by atoms with Gasteiger partial charge in [0.05, 0.1) is 0 Å². The van der Waals surface area contributed by atoms with Crippen molar-refractivity contribution in [2.24, 2.45) is 0 Å². The minimum Gasteiger partial charge on any atom is -0.457 e. The molecule has 0 saturated carbocycles. The molecular weight excluding hydrogens is 721 g/mol. The van der Waals surface area contributed by atoms with Gasteiger partial charge in [0.2, 0.25) is 0 Å². The second-order valence-electron chi connectivity index (χ2n) is 14.1. The molecule has 0 radical (unpaired) electrons. The summed E-state index contributed by atoms with van der Waals surface area (Å²) in [5, 5.41) is 0. The summed E-state index contributed by atoms with van der Waals surface area (Å²) in [6.07, 6.45) is 1.16. The predicted octanol–water partition coefficient (Wildman–Crippen LogP) is 13.8. The molecule has 0 atom stereocenters. The van der Waals surface area contributed by atoms with Gasteiger partial charge in [-0.3, -0.25) is 0 Å². The molecule has 0 spiro atoms. The van der Waals surface area contributed by atoms with Crippen molar-refractivity contribution in [1.29, 1.82) is 0 Å². The zero-order valence-electron chi connectivity index (χ0n) is 31.6.